The number of hydrogen-bond acceptors (Lipinski definition) is 2. The Morgan fingerprint density at radius 1 is 1.57 bits per heavy atom. The first-order valence-corrected chi connectivity index (χ1v) is 5.20. The van der Waals surface area contributed by atoms with Gasteiger partial charge in [-0.25, -0.2) is 4.79 Å². The van der Waals surface area contributed by atoms with Crippen LogP contribution >= 0.6 is 0 Å². The minimum atomic E-state index is -0.218. The Kier molecular flexibility index (Phi) is 3.35. The van der Waals surface area contributed by atoms with Crippen molar-refractivity contribution < 1.29 is 9.53 Å². The quantitative estimate of drug-likeness (QED) is 0.476. The highest BCUT2D eigenvalue weighted by atomic mass is 16.5. The van der Waals surface area contributed by atoms with Crippen molar-refractivity contribution in [3.8, 4) is 0 Å². The number of methoxy groups -OCH3 is 1. The van der Waals surface area contributed by atoms with Gasteiger partial charge in [0, 0.05) is 6.08 Å². The highest BCUT2D eigenvalue weighted by molar-refractivity contribution is 5.82. The predicted molar refractivity (Wildman–Crippen MR) is 56.9 cm³/mol. The van der Waals surface area contributed by atoms with Gasteiger partial charge in [0.2, 0.25) is 0 Å². The Balaban J connectivity index is 2.71. The first-order chi connectivity index (χ1) is 6.43. The average molecular weight is 196 g/mol. The summed E-state index contributed by atoms with van der Waals surface area (Å²) in [4.78, 5) is 11.1. The number of ether oxygens (including phenoxy) is 1. The van der Waals surface area contributed by atoms with Crippen LogP contribution in [0.1, 0.15) is 40.0 Å². The second-order valence-electron chi connectivity index (χ2n) is 5.18. The lowest BCUT2D eigenvalue weighted by Gasteiger charge is -2.35. The maximum absolute atomic E-state index is 11.1. The maximum Gasteiger partial charge on any atom is 0.330 e. The summed E-state index contributed by atoms with van der Waals surface area (Å²) in [5.41, 5.74) is 1.57. The number of hydrogen-bond donors (Lipinski definition) is 0. The van der Waals surface area contributed by atoms with Gasteiger partial charge in [-0.1, -0.05) is 26.3 Å². The summed E-state index contributed by atoms with van der Waals surface area (Å²) < 4.78 is 4.64. The molecule has 1 aliphatic rings. The van der Waals surface area contributed by atoms with E-state index in [1.165, 1.54) is 19.1 Å². The second kappa shape index (κ2) is 4.16. The van der Waals surface area contributed by atoms with Gasteiger partial charge in [-0.05, 0) is 30.6 Å². The van der Waals surface area contributed by atoms with Crippen LogP contribution in [0.5, 0.6) is 0 Å². The van der Waals surface area contributed by atoms with Crippen LogP contribution in [0.4, 0.5) is 0 Å². The van der Waals surface area contributed by atoms with E-state index in [1.54, 1.807) is 6.08 Å². The zero-order chi connectivity index (χ0) is 10.8. The molecule has 14 heavy (non-hydrogen) atoms. The zero-order valence-electron chi connectivity index (χ0n) is 9.59. The van der Waals surface area contributed by atoms with Crippen molar-refractivity contribution in [2.75, 3.05) is 7.11 Å². The lowest BCUT2D eigenvalue weighted by Crippen LogP contribution is -2.23. The third-order valence-corrected chi connectivity index (χ3v) is 2.74. The Bertz CT molecular complexity index is 251. The van der Waals surface area contributed by atoms with Crippen LogP contribution in [0.3, 0.4) is 0 Å². The molecule has 0 aromatic carbocycles. The minimum Gasteiger partial charge on any atom is -0.466 e. The van der Waals surface area contributed by atoms with Crippen molar-refractivity contribution in [3.05, 3.63) is 11.6 Å². The molecule has 1 rings (SSSR count). The SMILES string of the molecule is COC(=O)/C=C1/CC(C)CC(C)(C)C1. The van der Waals surface area contributed by atoms with Gasteiger partial charge in [0.15, 0.2) is 0 Å². The smallest absolute Gasteiger partial charge is 0.330 e. The predicted octanol–water partition coefficient (Wildman–Crippen LogP) is 2.93. The minimum absolute atomic E-state index is 0.218. The van der Waals surface area contributed by atoms with Crippen molar-refractivity contribution in [1.82, 2.24) is 0 Å². The molecule has 0 aromatic heterocycles. The van der Waals surface area contributed by atoms with Crippen LogP contribution < -0.4 is 0 Å². The molecule has 0 aromatic rings. The van der Waals surface area contributed by atoms with Crippen LogP contribution in [0, 0.1) is 11.3 Å². The molecule has 1 atom stereocenters. The Morgan fingerprint density at radius 3 is 2.71 bits per heavy atom. The van der Waals surface area contributed by atoms with Gasteiger partial charge in [0.1, 0.15) is 0 Å². The molecule has 0 amide bonds. The molecule has 0 aliphatic heterocycles. The van der Waals surface area contributed by atoms with Crippen LogP contribution in [-0.4, -0.2) is 13.1 Å². The molecule has 0 N–H and O–H groups in total. The highest BCUT2D eigenvalue weighted by Crippen LogP contribution is 2.41. The molecule has 0 saturated heterocycles. The maximum atomic E-state index is 11.1. The average Bonchev–Trinajstić information content (AvgIpc) is 1.99. The summed E-state index contributed by atoms with van der Waals surface area (Å²) >= 11 is 0. The van der Waals surface area contributed by atoms with E-state index < -0.39 is 0 Å². The third kappa shape index (κ3) is 3.17. The molecule has 0 spiro atoms. The van der Waals surface area contributed by atoms with E-state index in [0.29, 0.717) is 11.3 Å². The molecule has 1 fully saturated rings. The number of allylic oxidation sites excluding steroid dienone is 1. The number of carbonyl (C=O) groups is 1. The molecular formula is C12H20O2. The normalized spacial score (nSPS) is 28.9. The molecular weight excluding hydrogens is 176 g/mol. The van der Waals surface area contributed by atoms with Crippen LogP contribution in [0.25, 0.3) is 0 Å². The van der Waals surface area contributed by atoms with Crippen molar-refractivity contribution in [2.45, 2.75) is 40.0 Å². The van der Waals surface area contributed by atoms with Gasteiger partial charge in [0.25, 0.3) is 0 Å². The van der Waals surface area contributed by atoms with Gasteiger partial charge in [-0.15, -0.1) is 0 Å². The van der Waals surface area contributed by atoms with Gasteiger partial charge in [0.05, 0.1) is 7.11 Å². The van der Waals surface area contributed by atoms with Gasteiger partial charge in [-0.3, -0.25) is 0 Å². The Morgan fingerprint density at radius 2 is 2.21 bits per heavy atom. The lowest BCUT2D eigenvalue weighted by molar-refractivity contribution is -0.134. The summed E-state index contributed by atoms with van der Waals surface area (Å²) in [5, 5.41) is 0. The lowest BCUT2D eigenvalue weighted by atomic mass is 9.70. The topological polar surface area (TPSA) is 26.3 Å². The molecule has 1 unspecified atom stereocenters. The van der Waals surface area contributed by atoms with Crippen molar-refractivity contribution in [1.29, 1.82) is 0 Å². The molecule has 0 heterocycles. The van der Waals surface area contributed by atoms with Crippen LogP contribution in [0.15, 0.2) is 11.6 Å². The fourth-order valence-electron chi connectivity index (χ4n) is 2.56. The summed E-state index contributed by atoms with van der Waals surface area (Å²) in [7, 11) is 1.43. The van der Waals surface area contributed by atoms with E-state index in [9.17, 15) is 4.79 Å². The fraction of sp³-hybridized carbons (Fsp3) is 0.750. The molecule has 0 bridgehead atoms. The Labute approximate surface area is 86.3 Å². The van der Waals surface area contributed by atoms with E-state index in [2.05, 4.69) is 25.5 Å². The van der Waals surface area contributed by atoms with Crippen molar-refractivity contribution in [3.63, 3.8) is 0 Å². The largest absolute Gasteiger partial charge is 0.466 e. The van der Waals surface area contributed by atoms with Crippen LogP contribution in [-0.2, 0) is 9.53 Å². The second-order valence-corrected chi connectivity index (χ2v) is 5.18. The zero-order valence-corrected chi connectivity index (χ0v) is 9.59. The third-order valence-electron chi connectivity index (χ3n) is 2.74. The highest BCUT2D eigenvalue weighted by Gasteiger charge is 2.28. The molecule has 0 radical (unpaired) electrons. The van der Waals surface area contributed by atoms with E-state index in [4.69, 9.17) is 0 Å². The Hall–Kier alpha value is -0.790. The summed E-state index contributed by atoms with van der Waals surface area (Å²) in [6.45, 7) is 6.76. The van der Waals surface area contributed by atoms with Crippen molar-refractivity contribution >= 4 is 5.97 Å². The molecule has 2 heteroatoms. The fourth-order valence-corrected chi connectivity index (χ4v) is 2.56. The molecule has 80 valence electrons. The van der Waals surface area contributed by atoms with E-state index in [1.807, 2.05) is 0 Å². The van der Waals surface area contributed by atoms with Crippen LogP contribution in [0.2, 0.25) is 0 Å². The number of esters is 1. The van der Waals surface area contributed by atoms with Gasteiger partial charge < -0.3 is 4.74 Å². The number of rotatable bonds is 1. The van der Waals surface area contributed by atoms with E-state index in [0.717, 1.165) is 12.8 Å². The summed E-state index contributed by atoms with van der Waals surface area (Å²) in [6, 6.07) is 0. The first kappa shape index (κ1) is 11.3. The monoisotopic (exact) mass is 196 g/mol. The van der Waals surface area contributed by atoms with E-state index in [-0.39, 0.29) is 5.97 Å². The van der Waals surface area contributed by atoms with Crippen molar-refractivity contribution in [2.24, 2.45) is 11.3 Å². The molecule has 1 aliphatic carbocycles. The van der Waals surface area contributed by atoms with Gasteiger partial charge in [-0.2, -0.15) is 0 Å². The van der Waals surface area contributed by atoms with Gasteiger partial charge >= 0.3 is 5.97 Å². The summed E-state index contributed by atoms with van der Waals surface area (Å²) in [6.07, 6.45) is 4.97. The first-order valence-electron chi connectivity index (χ1n) is 5.20. The number of carbonyl (C=O) groups excluding carboxylic acids is 1. The standard InChI is InChI=1S/C12H20O2/c1-9-5-10(6-11(13)14-4)8-12(2,3)7-9/h6,9H,5,7-8H2,1-4H3/b10-6-. The molecule has 2 nitrogen and oxygen atoms in total. The molecule has 1 saturated carbocycles. The summed E-state index contributed by atoms with van der Waals surface area (Å²) in [5.74, 6) is 0.458. The van der Waals surface area contributed by atoms with E-state index >= 15 is 0 Å².